The first kappa shape index (κ1) is 20.9. The highest BCUT2D eigenvalue weighted by atomic mass is 32.2. The van der Waals surface area contributed by atoms with E-state index >= 15 is 0 Å². The lowest BCUT2D eigenvalue weighted by atomic mass is 10.2. The van der Waals surface area contributed by atoms with Crippen LogP contribution < -0.4 is 14.9 Å². The number of hydrogen-bond acceptors (Lipinski definition) is 5. The van der Waals surface area contributed by atoms with Crippen LogP contribution in [0.15, 0.2) is 58.4 Å². The Labute approximate surface area is 171 Å². The molecule has 0 spiro atoms. The number of aliphatic imine (C=N–C) groups is 1. The normalized spacial score (nSPS) is 15.6. The zero-order valence-corrected chi connectivity index (χ0v) is 17.5. The quantitative estimate of drug-likeness (QED) is 0.692. The number of likely N-dealkylation sites (N-methyl/N-ethyl adjacent to an activating group) is 1. The molecule has 0 bridgehead atoms. The van der Waals surface area contributed by atoms with Crippen molar-refractivity contribution in [3.63, 3.8) is 0 Å². The third-order valence-corrected chi connectivity index (χ3v) is 6.12. The van der Waals surface area contributed by atoms with E-state index in [-0.39, 0.29) is 23.8 Å². The number of anilines is 1. The molecule has 1 heterocycles. The maximum absolute atomic E-state index is 12.1. The first-order valence-corrected chi connectivity index (χ1v) is 11.1. The van der Waals surface area contributed by atoms with Crippen LogP contribution in [0.5, 0.6) is 0 Å². The van der Waals surface area contributed by atoms with Gasteiger partial charge in [-0.05, 0) is 43.7 Å². The minimum atomic E-state index is -3.55. The number of fused-ring (bicyclic) bond motifs is 1. The number of nitrogens with zero attached hydrogens (tertiary/aromatic N) is 2. The van der Waals surface area contributed by atoms with Gasteiger partial charge in [-0.25, -0.2) is 8.42 Å². The minimum Gasteiger partial charge on any atom is -0.370 e. The van der Waals surface area contributed by atoms with Crippen molar-refractivity contribution in [1.29, 1.82) is 0 Å². The molecule has 0 fully saturated rings. The molecule has 7 nitrogen and oxygen atoms in total. The fourth-order valence-corrected chi connectivity index (χ4v) is 4.48. The van der Waals surface area contributed by atoms with Crippen LogP contribution in [-0.4, -0.2) is 46.3 Å². The standard InChI is InChI=1S/C21H26N4O3S/c1-3-25(17-8-6-7-16(2)15-17)14-13-22-20(26)11-12-23-21-18-9-4-5-10-19(18)29(27,28)24-21/h4-10,15H,3,11-14H2,1-2H3,(H,22,26)(H,23,24). The van der Waals surface area contributed by atoms with Crippen LogP contribution in [0.25, 0.3) is 0 Å². The van der Waals surface area contributed by atoms with Gasteiger partial charge in [0.15, 0.2) is 0 Å². The molecule has 1 aliphatic rings. The Balaban J connectivity index is 1.48. The molecule has 2 aromatic carbocycles. The van der Waals surface area contributed by atoms with Gasteiger partial charge in [-0.15, -0.1) is 0 Å². The second-order valence-corrected chi connectivity index (χ2v) is 8.50. The average Bonchev–Trinajstić information content (AvgIpc) is 2.96. The lowest BCUT2D eigenvalue weighted by Gasteiger charge is -2.23. The predicted octanol–water partition coefficient (Wildman–Crippen LogP) is 2.07. The van der Waals surface area contributed by atoms with Gasteiger partial charge in [0.1, 0.15) is 5.84 Å². The second kappa shape index (κ2) is 9.09. The van der Waals surface area contributed by atoms with Gasteiger partial charge in [0.2, 0.25) is 5.91 Å². The fraction of sp³-hybridized carbons (Fsp3) is 0.333. The molecule has 2 aromatic rings. The number of rotatable bonds is 8. The van der Waals surface area contributed by atoms with Gasteiger partial charge >= 0.3 is 0 Å². The molecule has 0 saturated heterocycles. The average molecular weight is 415 g/mol. The maximum atomic E-state index is 12.1. The van der Waals surface area contributed by atoms with Crippen LogP contribution in [0.1, 0.15) is 24.5 Å². The SMILES string of the molecule is CCN(CCNC(=O)CCN=C1NS(=O)(=O)c2ccccc21)c1cccc(C)c1. The summed E-state index contributed by atoms with van der Waals surface area (Å²) >= 11 is 0. The molecule has 0 unspecified atom stereocenters. The van der Waals surface area contributed by atoms with E-state index in [1.807, 2.05) is 6.07 Å². The molecule has 29 heavy (non-hydrogen) atoms. The van der Waals surface area contributed by atoms with Crippen molar-refractivity contribution in [1.82, 2.24) is 10.0 Å². The first-order valence-electron chi connectivity index (χ1n) is 9.65. The number of aryl methyl sites for hydroxylation is 1. The van der Waals surface area contributed by atoms with Gasteiger partial charge in [0, 0.05) is 37.3 Å². The highest BCUT2D eigenvalue weighted by Crippen LogP contribution is 2.22. The van der Waals surface area contributed by atoms with Crippen molar-refractivity contribution in [2.45, 2.75) is 25.2 Å². The maximum Gasteiger partial charge on any atom is 0.263 e. The van der Waals surface area contributed by atoms with E-state index in [9.17, 15) is 13.2 Å². The van der Waals surface area contributed by atoms with E-state index in [2.05, 4.69) is 52.0 Å². The van der Waals surface area contributed by atoms with Crippen molar-refractivity contribution in [3.05, 3.63) is 59.7 Å². The lowest BCUT2D eigenvalue weighted by molar-refractivity contribution is -0.120. The van der Waals surface area contributed by atoms with Gasteiger partial charge in [-0.2, -0.15) is 0 Å². The van der Waals surface area contributed by atoms with Crippen LogP contribution in [0.2, 0.25) is 0 Å². The second-order valence-electron chi connectivity index (χ2n) is 6.85. The molecule has 3 rings (SSSR count). The van der Waals surface area contributed by atoms with E-state index in [1.54, 1.807) is 24.3 Å². The van der Waals surface area contributed by atoms with E-state index in [0.717, 1.165) is 12.2 Å². The van der Waals surface area contributed by atoms with Crippen LogP contribution in [0.3, 0.4) is 0 Å². The Bertz CT molecular complexity index is 1020. The summed E-state index contributed by atoms with van der Waals surface area (Å²) in [6.45, 7) is 6.46. The molecular weight excluding hydrogens is 388 g/mol. The van der Waals surface area contributed by atoms with Crippen molar-refractivity contribution < 1.29 is 13.2 Å². The summed E-state index contributed by atoms with van der Waals surface area (Å²) in [5.74, 6) is 0.189. The summed E-state index contributed by atoms with van der Waals surface area (Å²) in [6, 6.07) is 15.0. The number of amides is 1. The van der Waals surface area contributed by atoms with E-state index in [0.29, 0.717) is 24.5 Å². The number of amidine groups is 1. The number of carbonyl (C=O) groups is 1. The zero-order valence-electron chi connectivity index (χ0n) is 16.7. The van der Waals surface area contributed by atoms with Crippen molar-refractivity contribution in [2.24, 2.45) is 4.99 Å². The summed E-state index contributed by atoms with van der Waals surface area (Å²) in [5, 5.41) is 2.90. The van der Waals surface area contributed by atoms with Gasteiger partial charge in [-0.1, -0.05) is 24.3 Å². The Morgan fingerprint density at radius 1 is 1.17 bits per heavy atom. The third-order valence-electron chi connectivity index (χ3n) is 4.72. The topological polar surface area (TPSA) is 90.9 Å². The summed E-state index contributed by atoms with van der Waals surface area (Å²) in [6.07, 6.45) is 0.198. The minimum absolute atomic E-state index is 0.108. The van der Waals surface area contributed by atoms with Crippen molar-refractivity contribution in [2.75, 3.05) is 31.1 Å². The summed E-state index contributed by atoms with van der Waals surface area (Å²) in [4.78, 5) is 18.8. The smallest absolute Gasteiger partial charge is 0.263 e. The van der Waals surface area contributed by atoms with Crippen LogP contribution in [0, 0.1) is 6.92 Å². The van der Waals surface area contributed by atoms with E-state index < -0.39 is 10.0 Å². The Morgan fingerprint density at radius 3 is 2.72 bits per heavy atom. The molecular formula is C21H26N4O3S. The highest BCUT2D eigenvalue weighted by molar-refractivity contribution is 7.90. The Morgan fingerprint density at radius 2 is 1.97 bits per heavy atom. The van der Waals surface area contributed by atoms with Gasteiger partial charge < -0.3 is 10.2 Å². The van der Waals surface area contributed by atoms with Crippen molar-refractivity contribution in [3.8, 4) is 0 Å². The number of benzene rings is 2. The number of hydrogen-bond donors (Lipinski definition) is 2. The molecule has 0 radical (unpaired) electrons. The Kier molecular flexibility index (Phi) is 6.53. The number of carbonyl (C=O) groups excluding carboxylic acids is 1. The molecule has 0 aliphatic carbocycles. The van der Waals surface area contributed by atoms with Crippen LogP contribution >= 0.6 is 0 Å². The summed E-state index contributed by atoms with van der Waals surface area (Å²) in [5.41, 5.74) is 2.89. The highest BCUT2D eigenvalue weighted by Gasteiger charge is 2.29. The van der Waals surface area contributed by atoms with Gasteiger partial charge in [-0.3, -0.25) is 14.5 Å². The fourth-order valence-electron chi connectivity index (χ4n) is 3.23. The monoisotopic (exact) mass is 414 g/mol. The molecule has 0 atom stereocenters. The lowest BCUT2D eigenvalue weighted by Crippen LogP contribution is -2.35. The van der Waals surface area contributed by atoms with E-state index in [1.165, 1.54) is 5.56 Å². The molecule has 1 amide bonds. The number of nitrogens with one attached hydrogen (secondary N) is 2. The van der Waals surface area contributed by atoms with Gasteiger partial charge in [0.05, 0.1) is 11.4 Å². The van der Waals surface area contributed by atoms with E-state index in [4.69, 9.17) is 0 Å². The third kappa shape index (κ3) is 5.14. The van der Waals surface area contributed by atoms with Crippen LogP contribution in [0.4, 0.5) is 5.69 Å². The molecule has 154 valence electrons. The zero-order chi connectivity index (χ0) is 20.9. The molecule has 0 saturated carbocycles. The molecule has 0 aromatic heterocycles. The number of sulfonamides is 1. The molecule has 2 N–H and O–H groups in total. The van der Waals surface area contributed by atoms with Crippen LogP contribution in [-0.2, 0) is 14.8 Å². The van der Waals surface area contributed by atoms with Crippen molar-refractivity contribution >= 4 is 27.5 Å². The summed E-state index contributed by atoms with van der Waals surface area (Å²) in [7, 11) is -3.55. The van der Waals surface area contributed by atoms with Gasteiger partial charge in [0.25, 0.3) is 10.0 Å². The predicted molar refractivity (Wildman–Crippen MR) is 115 cm³/mol. The Hall–Kier alpha value is -2.87. The molecule has 1 aliphatic heterocycles. The largest absolute Gasteiger partial charge is 0.370 e. The first-order chi connectivity index (χ1) is 13.9. The summed E-state index contributed by atoms with van der Waals surface area (Å²) < 4.78 is 26.6. The molecule has 8 heteroatoms.